The number of aliphatic carboxylic acids is 1. The fraction of sp³-hybridized carbons (Fsp3) is 0.800. The second-order valence-electron chi connectivity index (χ2n) is 3.29. The molecule has 0 aliphatic heterocycles. The summed E-state index contributed by atoms with van der Waals surface area (Å²) in [5.74, 6) is -1.44. The summed E-state index contributed by atoms with van der Waals surface area (Å²) in [7, 11) is 1.53. The molecule has 0 fully saturated rings. The molecule has 0 rings (SSSR count). The van der Waals surface area contributed by atoms with E-state index in [1.165, 1.54) is 7.11 Å². The molecule has 0 aromatic heterocycles. The molecule has 0 bridgehead atoms. The highest BCUT2D eigenvalue weighted by Crippen LogP contribution is 1.96. The Morgan fingerprint density at radius 3 is 2.56 bits per heavy atom. The van der Waals surface area contributed by atoms with Crippen LogP contribution >= 0.6 is 0 Å². The second kappa shape index (κ2) is 9.11. The molecule has 0 aromatic carbocycles. The van der Waals surface area contributed by atoms with Crippen LogP contribution in [0.1, 0.15) is 19.8 Å². The Balaban J connectivity index is 3.77. The molecule has 0 aliphatic rings. The Bertz CT molecular complexity index is 219. The van der Waals surface area contributed by atoms with Gasteiger partial charge in [0.2, 0.25) is 5.91 Å². The van der Waals surface area contributed by atoms with Crippen LogP contribution in [0.3, 0.4) is 0 Å². The van der Waals surface area contributed by atoms with Gasteiger partial charge in [0.15, 0.2) is 0 Å². The molecule has 0 saturated carbocycles. The molecule has 0 heterocycles. The average Bonchev–Trinajstić information content (AvgIpc) is 2.23. The van der Waals surface area contributed by atoms with Crippen molar-refractivity contribution in [2.75, 3.05) is 26.9 Å². The van der Waals surface area contributed by atoms with Gasteiger partial charge in [0.25, 0.3) is 0 Å². The first-order valence-corrected chi connectivity index (χ1v) is 5.20. The zero-order valence-corrected chi connectivity index (χ0v) is 9.69. The van der Waals surface area contributed by atoms with Crippen molar-refractivity contribution < 1.29 is 24.2 Å². The lowest BCUT2D eigenvalue weighted by Crippen LogP contribution is -2.42. The first kappa shape index (κ1) is 14.9. The van der Waals surface area contributed by atoms with Gasteiger partial charge in [-0.25, -0.2) is 4.79 Å². The summed E-state index contributed by atoms with van der Waals surface area (Å²) in [5.41, 5.74) is 0. The number of methoxy groups -OCH3 is 1. The molecule has 0 spiro atoms. The second-order valence-corrected chi connectivity index (χ2v) is 3.29. The van der Waals surface area contributed by atoms with Gasteiger partial charge in [-0.3, -0.25) is 4.79 Å². The lowest BCUT2D eigenvalue weighted by atomic mass is 10.2. The number of carbonyl (C=O) groups is 2. The van der Waals surface area contributed by atoms with Crippen LogP contribution in [0, 0.1) is 0 Å². The van der Waals surface area contributed by atoms with E-state index in [2.05, 4.69) is 5.32 Å². The molecule has 1 atom stereocenters. The van der Waals surface area contributed by atoms with Crippen LogP contribution in [-0.2, 0) is 19.1 Å². The monoisotopic (exact) mass is 233 g/mol. The molecule has 0 aliphatic carbocycles. The van der Waals surface area contributed by atoms with Crippen LogP contribution in [0.15, 0.2) is 0 Å². The van der Waals surface area contributed by atoms with Crippen LogP contribution < -0.4 is 5.32 Å². The molecule has 94 valence electrons. The molecule has 0 unspecified atom stereocenters. The van der Waals surface area contributed by atoms with Gasteiger partial charge in [-0.1, -0.05) is 13.3 Å². The van der Waals surface area contributed by atoms with Crippen LogP contribution in [0.5, 0.6) is 0 Å². The molecule has 0 saturated heterocycles. The van der Waals surface area contributed by atoms with E-state index >= 15 is 0 Å². The normalized spacial score (nSPS) is 12.1. The lowest BCUT2D eigenvalue weighted by Gasteiger charge is -2.13. The fourth-order valence-corrected chi connectivity index (χ4v) is 1.09. The minimum absolute atomic E-state index is 0.142. The Labute approximate surface area is 94.9 Å². The van der Waals surface area contributed by atoms with Gasteiger partial charge >= 0.3 is 5.97 Å². The van der Waals surface area contributed by atoms with Gasteiger partial charge in [-0.15, -0.1) is 0 Å². The minimum Gasteiger partial charge on any atom is -0.480 e. The van der Waals surface area contributed by atoms with Crippen molar-refractivity contribution in [3.63, 3.8) is 0 Å². The standard InChI is InChI=1S/C10H19NO5/c1-3-4-8(10(13)14)11-9(12)7-16-6-5-15-2/h8H,3-7H2,1-2H3,(H,11,12)(H,13,14)/t8-/m1/s1. The first-order chi connectivity index (χ1) is 7.61. The van der Waals surface area contributed by atoms with Gasteiger partial charge in [-0.05, 0) is 6.42 Å². The summed E-state index contributed by atoms with van der Waals surface area (Å²) in [6.07, 6.45) is 1.11. The van der Waals surface area contributed by atoms with Crippen molar-refractivity contribution in [1.29, 1.82) is 0 Å². The molecule has 1 amide bonds. The van der Waals surface area contributed by atoms with E-state index in [1.807, 2.05) is 6.92 Å². The molecule has 6 nitrogen and oxygen atoms in total. The quantitative estimate of drug-likeness (QED) is 0.548. The van der Waals surface area contributed by atoms with E-state index < -0.39 is 17.9 Å². The van der Waals surface area contributed by atoms with E-state index in [9.17, 15) is 9.59 Å². The van der Waals surface area contributed by atoms with Gasteiger partial charge in [0.05, 0.1) is 13.2 Å². The highest BCUT2D eigenvalue weighted by molar-refractivity contribution is 5.84. The summed E-state index contributed by atoms with van der Waals surface area (Å²) in [5, 5.41) is 11.2. The van der Waals surface area contributed by atoms with E-state index in [1.54, 1.807) is 0 Å². The van der Waals surface area contributed by atoms with E-state index in [-0.39, 0.29) is 6.61 Å². The molecular weight excluding hydrogens is 214 g/mol. The number of amides is 1. The number of rotatable bonds is 9. The summed E-state index contributed by atoms with van der Waals surface area (Å²) in [4.78, 5) is 22.0. The van der Waals surface area contributed by atoms with Crippen molar-refractivity contribution in [1.82, 2.24) is 5.32 Å². The molecule has 6 heteroatoms. The Hall–Kier alpha value is -1.14. The number of carbonyl (C=O) groups excluding carboxylic acids is 1. The van der Waals surface area contributed by atoms with Crippen LogP contribution in [0.25, 0.3) is 0 Å². The van der Waals surface area contributed by atoms with Crippen molar-refractivity contribution >= 4 is 11.9 Å². The van der Waals surface area contributed by atoms with Gasteiger partial charge in [-0.2, -0.15) is 0 Å². The topological polar surface area (TPSA) is 84.9 Å². The third-order valence-corrected chi connectivity index (χ3v) is 1.88. The van der Waals surface area contributed by atoms with Gasteiger partial charge < -0.3 is 19.9 Å². The first-order valence-electron chi connectivity index (χ1n) is 5.20. The van der Waals surface area contributed by atoms with Gasteiger partial charge in [0, 0.05) is 7.11 Å². The number of ether oxygens (including phenoxy) is 2. The Morgan fingerprint density at radius 1 is 1.38 bits per heavy atom. The predicted molar refractivity (Wildman–Crippen MR) is 57.2 cm³/mol. The maximum atomic E-state index is 11.3. The summed E-state index contributed by atoms with van der Waals surface area (Å²) in [6.45, 7) is 2.44. The molecule has 2 N–H and O–H groups in total. The number of hydrogen-bond donors (Lipinski definition) is 2. The van der Waals surface area contributed by atoms with Crippen molar-refractivity contribution in [2.24, 2.45) is 0 Å². The van der Waals surface area contributed by atoms with Gasteiger partial charge in [0.1, 0.15) is 12.6 Å². The SMILES string of the molecule is CCC[C@@H](NC(=O)COCCOC)C(=O)O. The Morgan fingerprint density at radius 2 is 2.06 bits per heavy atom. The number of carboxylic acids is 1. The van der Waals surface area contributed by atoms with Crippen LogP contribution in [0.2, 0.25) is 0 Å². The minimum atomic E-state index is -1.02. The third kappa shape index (κ3) is 7.19. The van der Waals surface area contributed by atoms with E-state index in [0.29, 0.717) is 26.1 Å². The zero-order chi connectivity index (χ0) is 12.4. The molecule has 0 aromatic rings. The molecular formula is C10H19NO5. The lowest BCUT2D eigenvalue weighted by molar-refractivity contribution is -0.142. The maximum absolute atomic E-state index is 11.3. The maximum Gasteiger partial charge on any atom is 0.326 e. The average molecular weight is 233 g/mol. The third-order valence-electron chi connectivity index (χ3n) is 1.88. The van der Waals surface area contributed by atoms with Crippen molar-refractivity contribution in [2.45, 2.75) is 25.8 Å². The fourth-order valence-electron chi connectivity index (χ4n) is 1.09. The van der Waals surface area contributed by atoms with Crippen molar-refractivity contribution in [3.8, 4) is 0 Å². The van der Waals surface area contributed by atoms with E-state index in [4.69, 9.17) is 14.6 Å². The zero-order valence-electron chi connectivity index (χ0n) is 9.69. The van der Waals surface area contributed by atoms with Crippen LogP contribution in [0.4, 0.5) is 0 Å². The largest absolute Gasteiger partial charge is 0.480 e. The number of hydrogen-bond acceptors (Lipinski definition) is 4. The van der Waals surface area contributed by atoms with Crippen LogP contribution in [-0.4, -0.2) is 50.0 Å². The predicted octanol–water partition coefficient (Wildman–Crippen LogP) is 0.0189. The van der Waals surface area contributed by atoms with Crippen molar-refractivity contribution in [3.05, 3.63) is 0 Å². The summed E-state index contributed by atoms with van der Waals surface area (Å²) in [6, 6.07) is -0.830. The number of nitrogens with one attached hydrogen (secondary N) is 1. The number of carboxylic acid groups (broad SMARTS) is 1. The smallest absolute Gasteiger partial charge is 0.326 e. The Kier molecular flexibility index (Phi) is 8.46. The summed E-state index contributed by atoms with van der Waals surface area (Å²) >= 11 is 0. The summed E-state index contributed by atoms with van der Waals surface area (Å²) < 4.78 is 9.70. The highest BCUT2D eigenvalue weighted by atomic mass is 16.5. The molecule has 0 radical (unpaired) electrons. The molecule has 16 heavy (non-hydrogen) atoms. The van der Waals surface area contributed by atoms with E-state index in [0.717, 1.165) is 0 Å². The highest BCUT2D eigenvalue weighted by Gasteiger charge is 2.18.